The third-order valence-corrected chi connectivity index (χ3v) is 9.67. The smallest absolute Gasteiger partial charge is 0.226 e. The molecule has 0 bridgehead atoms. The lowest BCUT2D eigenvalue weighted by atomic mass is 9.68. The van der Waals surface area contributed by atoms with Crippen molar-refractivity contribution in [3.05, 3.63) is 11.5 Å². The first kappa shape index (κ1) is 26.9. The average molecular weight is 570 g/mol. The Morgan fingerprint density at radius 3 is 2.63 bits per heavy atom. The summed E-state index contributed by atoms with van der Waals surface area (Å²) in [5.41, 5.74) is 0.996. The van der Waals surface area contributed by atoms with E-state index in [-0.39, 0.29) is 18.2 Å². The van der Waals surface area contributed by atoms with Gasteiger partial charge in [-0.25, -0.2) is 4.68 Å². The van der Waals surface area contributed by atoms with Gasteiger partial charge < -0.3 is 28.4 Å². The Hall–Kier alpha value is -1.33. The van der Waals surface area contributed by atoms with Gasteiger partial charge in [-0.3, -0.25) is 4.57 Å². The predicted molar refractivity (Wildman–Crippen MR) is 142 cm³/mol. The van der Waals surface area contributed by atoms with Crippen molar-refractivity contribution in [1.82, 2.24) is 19.7 Å². The Morgan fingerprint density at radius 1 is 1.16 bits per heavy atom. The lowest BCUT2D eigenvalue weighted by Crippen LogP contribution is -2.57. The zero-order valence-electron chi connectivity index (χ0n) is 22.5. The second-order valence-corrected chi connectivity index (χ2v) is 14.5. The maximum atomic E-state index is 12.5. The van der Waals surface area contributed by atoms with Crippen molar-refractivity contribution >= 4 is 35.8 Å². The molecule has 0 N–H and O–H groups in total. The highest BCUT2D eigenvalue weighted by Crippen LogP contribution is 2.48. The van der Waals surface area contributed by atoms with E-state index in [4.69, 9.17) is 35.1 Å². The lowest BCUT2D eigenvalue weighted by Gasteiger charge is -2.53. The van der Waals surface area contributed by atoms with Gasteiger partial charge in [0, 0.05) is 25.2 Å². The van der Waals surface area contributed by atoms with Crippen LogP contribution in [0.15, 0.2) is 6.20 Å². The Bertz CT molecular complexity index is 1230. The number of fused-ring (bicyclic) bond motifs is 2. The van der Waals surface area contributed by atoms with Crippen LogP contribution in [-0.4, -0.2) is 83.2 Å². The van der Waals surface area contributed by atoms with E-state index in [1.807, 2.05) is 20.8 Å². The van der Waals surface area contributed by atoms with Crippen LogP contribution in [-0.2, 0) is 28.0 Å². The van der Waals surface area contributed by atoms with E-state index in [9.17, 15) is 4.57 Å². The lowest BCUT2D eigenvalue weighted by molar-refractivity contribution is -0.202. The summed E-state index contributed by atoms with van der Waals surface area (Å²) in [6.45, 7) is 9.64. The zero-order chi connectivity index (χ0) is 26.7. The van der Waals surface area contributed by atoms with Crippen LogP contribution in [0.25, 0.3) is 11.0 Å². The number of nitrogens with zero attached hydrogens (tertiary/aromatic N) is 5. The molecule has 2 aromatic heterocycles. The summed E-state index contributed by atoms with van der Waals surface area (Å²) in [7, 11) is -2.83. The molecule has 4 fully saturated rings. The number of hydrogen-bond acceptors (Lipinski definition) is 10. The number of halogens is 1. The average Bonchev–Trinajstić information content (AvgIpc) is 3.48. The molecule has 0 amide bonds. The molecule has 6 rings (SSSR count). The first-order valence-electron chi connectivity index (χ1n) is 13.5. The van der Waals surface area contributed by atoms with E-state index >= 15 is 0 Å². The topological polar surface area (TPSA) is 110 Å². The molecule has 210 valence electrons. The molecule has 1 aliphatic carbocycles. The largest absolute Gasteiger partial charge is 0.369 e. The molecule has 2 aromatic rings. The van der Waals surface area contributed by atoms with E-state index in [0.29, 0.717) is 17.7 Å². The van der Waals surface area contributed by atoms with E-state index in [1.54, 1.807) is 17.5 Å². The molecule has 1 unspecified atom stereocenters. The molecule has 0 radical (unpaired) electrons. The highest BCUT2D eigenvalue weighted by molar-refractivity contribution is 7.57. The van der Waals surface area contributed by atoms with Gasteiger partial charge in [-0.05, 0) is 45.2 Å². The van der Waals surface area contributed by atoms with Gasteiger partial charge in [0.15, 0.2) is 17.7 Å². The fourth-order valence-corrected chi connectivity index (χ4v) is 7.70. The van der Waals surface area contributed by atoms with E-state index < -0.39 is 37.7 Å². The van der Waals surface area contributed by atoms with E-state index in [0.717, 1.165) is 24.3 Å². The van der Waals surface area contributed by atoms with Gasteiger partial charge >= 0.3 is 0 Å². The van der Waals surface area contributed by atoms with Crippen LogP contribution in [0.1, 0.15) is 59.1 Å². The SMILES string of the molecule is CCOP(C)(=O)COC[C@H]1O[C@@H](n2ncc3c(N4CC5(CCCCC5)C4)nc(Cl)nc32)[C@@H]2OC(C)(C)O[C@@H]21. The summed E-state index contributed by atoms with van der Waals surface area (Å²) in [6.07, 6.45) is 6.39. The van der Waals surface area contributed by atoms with Crippen LogP contribution < -0.4 is 4.90 Å². The summed E-state index contributed by atoms with van der Waals surface area (Å²) in [6, 6.07) is 0. The fraction of sp³-hybridized carbons (Fsp3) is 0.800. The molecule has 1 saturated carbocycles. The molecule has 1 spiro atoms. The van der Waals surface area contributed by atoms with Crippen molar-refractivity contribution in [3.8, 4) is 0 Å². The highest BCUT2D eigenvalue weighted by atomic mass is 35.5. The summed E-state index contributed by atoms with van der Waals surface area (Å²) < 4.78 is 44.1. The van der Waals surface area contributed by atoms with Crippen LogP contribution in [0.5, 0.6) is 0 Å². The number of anilines is 1. The molecule has 0 aromatic carbocycles. The Balaban J connectivity index is 1.24. The predicted octanol–water partition coefficient (Wildman–Crippen LogP) is 4.59. The Morgan fingerprint density at radius 2 is 1.89 bits per heavy atom. The minimum absolute atomic E-state index is 0.00121. The minimum Gasteiger partial charge on any atom is -0.369 e. The zero-order valence-corrected chi connectivity index (χ0v) is 24.1. The Kier molecular flexibility index (Phi) is 7.03. The van der Waals surface area contributed by atoms with Crippen molar-refractivity contribution < 1.29 is 28.0 Å². The number of hydrogen-bond donors (Lipinski definition) is 0. The second-order valence-electron chi connectivity index (χ2n) is 11.6. The minimum atomic E-state index is -2.83. The third-order valence-electron chi connectivity index (χ3n) is 8.05. The van der Waals surface area contributed by atoms with Gasteiger partial charge in [0.2, 0.25) is 12.7 Å². The molecule has 3 aliphatic heterocycles. The summed E-state index contributed by atoms with van der Waals surface area (Å²) in [5, 5.41) is 5.68. The number of ether oxygens (including phenoxy) is 4. The van der Waals surface area contributed by atoms with Crippen LogP contribution >= 0.6 is 19.0 Å². The molecular weight excluding hydrogens is 533 g/mol. The third kappa shape index (κ3) is 5.00. The van der Waals surface area contributed by atoms with Gasteiger partial charge in [0.25, 0.3) is 0 Å². The Labute approximate surface area is 227 Å². The van der Waals surface area contributed by atoms with Crippen molar-refractivity contribution in [2.45, 2.75) is 83.2 Å². The molecular formula is C25H37ClN5O6P. The van der Waals surface area contributed by atoms with Crippen molar-refractivity contribution in [2.75, 3.05) is 44.2 Å². The maximum Gasteiger partial charge on any atom is 0.226 e. The van der Waals surface area contributed by atoms with Gasteiger partial charge in [-0.2, -0.15) is 15.1 Å². The van der Waals surface area contributed by atoms with E-state index in [1.165, 1.54) is 32.1 Å². The van der Waals surface area contributed by atoms with Gasteiger partial charge in [0.05, 0.1) is 24.8 Å². The van der Waals surface area contributed by atoms with E-state index in [2.05, 4.69) is 20.0 Å². The normalized spacial score (nSPS) is 31.4. The summed E-state index contributed by atoms with van der Waals surface area (Å²) >= 11 is 6.44. The molecule has 3 saturated heterocycles. The molecule has 38 heavy (non-hydrogen) atoms. The highest BCUT2D eigenvalue weighted by Gasteiger charge is 2.56. The van der Waals surface area contributed by atoms with Crippen LogP contribution in [0, 0.1) is 5.41 Å². The number of aromatic nitrogens is 4. The molecule has 5 heterocycles. The van der Waals surface area contributed by atoms with Gasteiger partial charge in [-0.15, -0.1) is 0 Å². The molecule has 11 nitrogen and oxygen atoms in total. The van der Waals surface area contributed by atoms with Crippen LogP contribution in [0.3, 0.4) is 0 Å². The molecule has 5 atom stereocenters. The summed E-state index contributed by atoms with van der Waals surface area (Å²) in [4.78, 5) is 11.4. The molecule has 13 heteroatoms. The van der Waals surface area contributed by atoms with Crippen molar-refractivity contribution in [2.24, 2.45) is 5.41 Å². The number of rotatable bonds is 8. The fourth-order valence-electron chi connectivity index (χ4n) is 6.48. The van der Waals surface area contributed by atoms with Crippen molar-refractivity contribution in [1.29, 1.82) is 0 Å². The molecule has 4 aliphatic rings. The maximum absolute atomic E-state index is 12.5. The summed E-state index contributed by atoms with van der Waals surface area (Å²) in [5.74, 6) is 0.0173. The standard InChI is InChI=1S/C25H37ClN5O6P/c1-5-34-38(4,32)15-33-12-17-18-19(37-24(2,3)36-18)22(35-17)31-21-16(11-27-31)20(28-23(26)29-21)30-13-25(14-30)9-7-6-8-10-25/h11,17-19,22H,5-10,12-15H2,1-4H3/t17-,18-,19-,22-,38?/m1/s1. The quantitative estimate of drug-likeness (QED) is 0.331. The van der Waals surface area contributed by atoms with Crippen molar-refractivity contribution in [3.63, 3.8) is 0 Å². The van der Waals surface area contributed by atoms with Gasteiger partial charge in [0.1, 0.15) is 30.5 Å². The first-order chi connectivity index (χ1) is 18.1. The second kappa shape index (κ2) is 9.94. The van der Waals surface area contributed by atoms with Crippen LogP contribution in [0.4, 0.5) is 5.82 Å². The monoisotopic (exact) mass is 569 g/mol. The first-order valence-corrected chi connectivity index (χ1v) is 16.2. The van der Waals surface area contributed by atoms with Gasteiger partial charge in [-0.1, -0.05) is 19.3 Å². The van der Waals surface area contributed by atoms with Crippen LogP contribution in [0.2, 0.25) is 5.28 Å².